The van der Waals surface area contributed by atoms with Gasteiger partial charge in [-0.05, 0) is 31.2 Å². The molecule has 1 aliphatic heterocycles. The van der Waals surface area contributed by atoms with Gasteiger partial charge < -0.3 is 18.2 Å². The summed E-state index contributed by atoms with van der Waals surface area (Å²) in [5.41, 5.74) is 3.17. The maximum Gasteiger partial charge on any atom is 0.159 e. The van der Waals surface area contributed by atoms with Crippen molar-refractivity contribution in [2.75, 3.05) is 0 Å². The molecule has 0 N–H and O–H groups in total. The number of nitrogens with zero attached hydrogens (tertiary/aromatic N) is 6. The molecule has 0 saturated heterocycles. The van der Waals surface area contributed by atoms with E-state index in [4.69, 9.17) is 9.51 Å². The molecule has 7 nitrogen and oxygen atoms in total. The second kappa shape index (κ2) is 6.70. The molecular formula is C24H20N6O. The predicted octanol–water partition coefficient (Wildman–Crippen LogP) is 4.44. The van der Waals surface area contributed by atoms with Crippen LogP contribution < -0.4 is 0 Å². The first kappa shape index (κ1) is 17.7. The van der Waals surface area contributed by atoms with Crippen molar-refractivity contribution >= 4 is 6.08 Å². The number of hydrogen-bond acceptors (Lipinski definition) is 4. The molecule has 6 rings (SSSR count). The largest absolute Gasteiger partial charge is 0.360 e. The summed E-state index contributed by atoms with van der Waals surface area (Å²) in [6.45, 7) is 2.61. The third-order valence-electron chi connectivity index (χ3n) is 5.88. The molecule has 7 heteroatoms. The van der Waals surface area contributed by atoms with Crippen LogP contribution in [0.4, 0.5) is 0 Å². The van der Waals surface area contributed by atoms with E-state index in [1.165, 1.54) is 0 Å². The van der Waals surface area contributed by atoms with Gasteiger partial charge in [-0.15, -0.1) is 0 Å². The highest BCUT2D eigenvalue weighted by Crippen LogP contribution is 2.36. The highest BCUT2D eigenvalue weighted by Gasteiger charge is 2.35. The second-order valence-electron chi connectivity index (χ2n) is 7.71. The van der Waals surface area contributed by atoms with Gasteiger partial charge in [0.2, 0.25) is 0 Å². The third kappa shape index (κ3) is 2.70. The van der Waals surface area contributed by atoms with E-state index in [0.717, 1.165) is 34.1 Å². The first-order valence-electron chi connectivity index (χ1n) is 10.1. The predicted molar refractivity (Wildman–Crippen MR) is 117 cm³/mol. The van der Waals surface area contributed by atoms with Crippen molar-refractivity contribution < 1.29 is 4.52 Å². The molecule has 0 spiro atoms. The average Bonchev–Trinajstić information content (AvgIpc) is 3.60. The lowest BCUT2D eigenvalue weighted by Gasteiger charge is -2.36. The Kier molecular flexibility index (Phi) is 3.83. The number of allylic oxidation sites excluding steroid dienone is 1. The average molecular weight is 408 g/mol. The summed E-state index contributed by atoms with van der Waals surface area (Å²) in [6, 6.07) is 14.1. The van der Waals surface area contributed by atoms with Crippen molar-refractivity contribution in [1.82, 2.24) is 28.8 Å². The van der Waals surface area contributed by atoms with Crippen LogP contribution in [0.15, 0.2) is 90.4 Å². The molecule has 0 fully saturated rings. The summed E-state index contributed by atoms with van der Waals surface area (Å²) in [5, 5.41) is 4.32. The van der Waals surface area contributed by atoms with Gasteiger partial charge in [0.25, 0.3) is 0 Å². The van der Waals surface area contributed by atoms with Gasteiger partial charge in [-0.1, -0.05) is 35.5 Å². The molecular weight excluding hydrogens is 388 g/mol. The van der Waals surface area contributed by atoms with Crippen LogP contribution >= 0.6 is 0 Å². The Balaban J connectivity index is 1.46. The van der Waals surface area contributed by atoms with Crippen molar-refractivity contribution in [3.63, 3.8) is 0 Å². The number of fused-ring (bicyclic) bond motifs is 1. The van der Waals surface area contributed by atoms with E-state index in [2.05, 4.69) is 54.6 Å². The smallest absolute Gasteiger partial charge is 0.159 e. The minimum Gasteiger partial charge on any atom is -0.360 e. The number of hydrogen-bond donors (Lipinski definition) is 0. The highest BCUT2D eigenvalue weighted by molar-refractivity contribution is 5.80. The Labute approximate surface area is 178 Å². The molecule has 152 valence electrons. The normalized spacial score (nSPS) is 17.7. The van der Waals surface area contributed by atoms with E-state index in [0.29, 0.717) is 6.54 Å². The SMILES string of the molecule is Cc1onc(-c2ccccc2)c1-c1cn2c(n1)C=CC(n1cccc1)(n1ccnc1)C2. The lowest BCUT2D eigenvalue weighted by atomic mass is 10.0. The molecule has 0 saturated carbocycles. The summed E-state index contributed by atoms with van der Waals surface area (Å²) in [5.74, 6) is 1.65. The van der Waals surface area contributed by atoms with Crippen LogP contribution in [0.3, 0.4) is 0 Å². The Hall–Kier alpha value is -4.13. The van der Waals surface area contributed by atoms with Crippen molar-refractivity contribution in [3.8, 4) is 22.5 Å². The molecule has 0 bridgehead atoms. The summed E-state index contributed by atoms with van der Waals surface area (Å²) in [4.78, 5) is 9.19. The lowest BCUT2D eigenvalue weighted by Crippen LogP contribution is -2.43. The molecule has 1 aliphatic rings. The van der Waals surface area contributed by atoms with E-state index >= 15 is 0 Å². The Morgan fingerprint density at radius 1 is 1.00 bits per heavy atom. The summed E-state index contributed by atoms with van der Waals surface area (Å²) < 4.78 is 12.0. The summed E-state index contributed by atoms with van der Waals surface area (Å²) >= 11 is 0. The van der Waals surface area contributed by atoms with E-state index in [9.17, 15) is 0 Å². The monoisotopic (exact) mass is 408 g/mol. The van der Waals surface area contributed by atoms with Gasteiger partial charge in [0.05, 0.1) is 24.1 Å². The van der Waals surface area contributed by atoms with Gasteiger partial charge in [-0.3, -0.25) is 0 Å². The second-order valence-corrected chi connectivity index (χ2v) is 7.71. The van der Waals surface area contributed by atoms with Crippen molar-refractivity contribution in [3.05, 3.63) is 97.4 Å². The van der Waals surface area contributed by atoms with Crippen LogP contribution in [0.1, 0.15) is 11.6 Å². The first-order valence-corrected chi connectivity index (χ1v) is 10.1. The van der Waals surface area contributed by atoms with Gasteiger partial charge in [0.1, 0.15) is 17.3 Å². The number of aromatic nitrogens is 6. The van der Waals surface area contributed by atoms with E-state index < -0.39 is 5.66 Å². The van der Waals surface area contributed by atoms with E-state index in [1.54, 1.807) is 6.20 Å². The van der Waals surface area contributed by atoms with Crippen LogP contribution in [-0.2, 0) is 12.2 Å². The maximum atomic E-state index is 5.56. The quantitative estimate of drug-likeness (QED) is 0.441. The van der Waals surface area contributed by atoms with Crippen LogP contribution in [0.5, 0.6) is 0 Å². The van der Waals surface area contributed by atoms with Crippen LogP contribution in [-0.4, -0.2) is 28.8 Å². The molecule has 1 unspecified atom stereocenters. The minimum absolute atomic E-state index is 0.434. The lowest BCUT2D eigenvalue weighted by molar-refractivity contribution is 0.256. The fourth-order valence-corrected chi connectivity index (χ4v) is 4.34. The maximum absolute atomic E-state index is 5.56. The number of imidazole rings is 2. The molecule has 31 heavy (non-hydrogen) atoms. The number of rotatable bonds is 4. The zero-order valence-corrected chi connectivity index (χ0v) is 17.0. The molecule has 1 aromatic carbocycles. The molecule has 0 radical (unpaired) electrons. The van der Waals surface area contributed by atoms with Crippen molar-refractivity contribution in [2.45, 2.75) is 19.1 Å². The van der Waals surface area contributed by atoms with Crippen molar-refractivity contribution in [1.29, 1.82) is 0 Å². The first-order chi connectivity index (χ1) is 15.2. The van der Waals surface area contributed by atoms with Gasteiger partial charge in [-0.2, -0.15) is 0 Å². The Bertz CT molecular complexity index is 1320. The third-order valence-corrected chi connectivity index (χ3v) is 5.88. The standard InChI is InChI=1S/C24H20N6O/c1-18-22(23(27-31-18)19-7-3-2-4-8-19)20-15-28-16-24(10-9-21(28)26-20,29-12-5-6-13-29)30-14-11-25-17-30/h2-15,17H,16H2,1H3. The van der Waals surface area contributed by atoms with Gasteiger partial charge in [0.15, 0.2) is 5.66 Å². The molecule has 0 aliphatic carbocycles. The van der Waals surface area contributed by atoms with Gasteiger partial charge in [0, 0.05) is 36.5 Å². The minimum atomic E-state index is -0.434. The molecule has 1 atom stereocenters. The molecule has 5 heterocycles. The van der Waals surface area contributed by atoms with Crippen molar-refractivity contribution in [2.24, 2.45) is 0 Å². The van der Waals surface area contributed by atoms with Gasteiger partial charge in [-0.25, -0.2) is 9.97 Å². The van der Waals surface area contributed by atoms with E-state index in [1.807, 2.05) is 61.9 Å². The topological polar surface area (TPSA) is 66.6 Å². The fourth-order valence-electron chi connectivity index (χ4n) is 4.34. The zero-order valence-electron chi connectivity index (χ0n) is 17.0. The molecule has 4 aromatic heterocycles. The van der Waals surface area contributed by atoms with Gasteiger partial charge >= 0.3 is 0 Å². The van der Waals surface area contributed by atoms with E-state index in [-0.39, 0.29) is 0 Å². The molecule has 0 amide bonds. The number of benzene rings is 1. The summed E-state index contributed by atoms with van der Waals surface area (Å²) in [7, 11) is 0. The molecule has 5 aromatic rings. The van der Waals surface area contributed by atoms with Crippen LogP contribution in [0, 0.1) is 6.92 Å². The fraction of sp³-hybridized carbons (Fsp3) is 0.125. The van der Waals surface area contributed by atoms with Crippen LogP contribution in [0.25, 0.3) is 28.6 Å². The summed E-state index contributed by atoms with van der Waals surface area (Å²) in [6.07, 6.45) is 16.1. The highest BCUT2D eigenvalue weighted by atomic mass is 16.5. The Morgan fingerprint density at radius 3 is 2.61 bits per heavy atom. The van der Waals surface area contributed by atoms with Crippen LogP contribution in [0.2, 0.25) is 0 Å². The Morgan fingerprint density at radius 2 is 1.84 bits per heavy atom. The zero-order chi connectivity index (χ0) is 20.8. The number of aryl methyl sites for hydroxylation is 1.